The second-order valence-electron chi connectivity index (χ2n) is 4.88. The van der Waals surface area contributed by atoms with Crippen LogP contribution in [0.25, 0.3) is 0 Å². The van der Waals surface area contributed by atoms with Gasteiger partial charge in [-0.25, -0.2) is 0 Å². The number of benzene rings is 1. The first-order chi connectivity index (χ1) is 9.33. The van der Waals surface area contributed by atoms with Crippen LogP contribution in [-0.2, 0) is 11.2 Å². The minimum absolute atomic E-state index is 0.589. The Balaban J connectivity index is 1.99. The molecule has 1 aromatic rings. The number of hydrogen-bond acceptors (Lipinski definition) is 4. The molecule has 4 nitrogen and oxygen atoms in total. The zero-order chi connectivity index (χ0) is 13.5. The van der Waals surface area contributed by atoms with E-state index in [1.165, 1.54) is 0 Å². The predicted molar refractivity (Wildman–Crippen MR) is 74.8 cm³/mol. The van der Waals surface area contributed by atoms with Crippen LogP contribution in [0.15, 0.2) is 18.2 Å². The van der Waals surface area contributed by atoms with Crippen LogP contribution in [0.1, 0.15) is 18.4 Å². The van der Waals surface area contributed by atoms with Gasteiger partial charge < -0.3 is 19.9 Å². The van der Waals surface area contributed by atoms with Gasteiger partial charge in [0.05, 0.1) is 13.7 Å². The summed E-state index contributed by atoms with van der Waals surface area (Å²) in [6, 6.07) is 5.93. The highest BCUT2D eigenvalue weighted by Gasteiger charge is 2.15. The molecule has 2 N–H and O–H groups in total. The fourth-order valence-electron chi connectivity index (χ4n) is 2.28. The second kappa shape index (κ2) is 7.36. The lowest BCUT2D eigenvalue weighted by Gasteiger charge is -2.23. The third-order valence-corrected chi connectivity index (χ3v) is 3.50. The number of nitrogens with two attached hydrogens (primary N) is 1. The maximum Gasteiger partial charge on any atom is 0.126 e. The number of hydrogen-bond donors (Lipinski definition) is 1. The molecule has 19 heavy (non-hydrogen) atoms. The van der Waals surface area contributed by atoms with Crippen molar-refractivity contribution in [3.8, 4) is 11.5 Å². The summed E-state index contributed by atoms with van der Waals surface area (Å²) in [6.45, 7) is 3.07. The lowest BCUT2D eigenvalue weighted by Crippen LogP contribution is -2.21. The Morgan fingerprint density at radius 2 is 2.11 bits per heavy atom. The van der Waals surface area contributed by atoms with E-state index in [-0.39, 0.29) is 0 Å². The quantitative estimate of drug-likeness (QED) is 0.854. The van der Waals surface area contributed by atoms with Gasteiger partial charge in [0, 0.05) is 19.3 Å². The fraction of sp³-hybridized carbons (Fsp3) is 0.600. The van der Waals surface area contributed by atoms with Crippen LogP contribution in [0.2, 0.25) is 0 Å². The molecule has 1 saturated heterocycles. The molecule has 4 heteroatoms. The van der Waals surface area contributed by atoms with E-state index in [0.717, 1.165) is 56.1 Å². The van der Waals surface area contributed by atoms with Crippen molar-refractivity contribution in [3.05, 3.63) is 23.8 Å². The molecule has 1 heterocycles. The fourth-order valence-corrected chi connectivity index (χ4v) is 2.28. The maximum absolute atomic E-state index is 5.98. The highest BCUT2D eigenvalue weighted by molar-refractivity contribution is 5.41. The maximum atomic E-state index is 5.98. The lowest BCUT2D eigenvalue weighted by atomic mass is 10.0. The van der Waals surface area contributed by atoms with Crippen LogP contribution in [0, 0.1) is 5.92 Å². The van der Waals surface area contributed by atoms with E-state index in [0.29, 0.717) is 12.5 Å². The van der Waals surface area contributed by atoms with Gasteiger partial charge in [0.15, 0.2) is 0 Å². The minimum atomic E-state index is 0.589. The van der Waals surface area contributed by atoms with E-state index in [4.69, 9.17) is 19.9 Å². The molecule has 0 atom stereocenters. The molecule has 0 spiro atoms. The van der Waals surface area contributed by atoms with Gasteiger partial charge >= 0.3 is 0 Å². The molecule has 0 saturated carbocycles. The summed E-state index contributed by atoms with van der Waals surface area (Å²) < 4.78 is 16.6. The van der Waals surface area contributed by atoms with Crippen molar-refractivity contribution >= 4 is 0 Å². The normalized spacial score (nSPS) is 16.3. The van der Waals surface area contributed by atoms with E-state index >= 15 is 0 Å². The molecule has 1 aliphatic rings. The summed E-state index contributed by atoms with van der Waals surface area (Å²) in [5.74, 6) is 2.31. The number of ether oxygens (including phenoxy) is 3. The van der Waals surface area contributed by atoms with Crippen LogP contribution < -0.4 is 15.2 Å². The van der Waals surface area contributed by atoms with Gasteiger partial charge in [0.25, 0.3) is 0 Å². The average Bonchev–Trinajstić information content (AvgIpc) is 2.47. The highest BCUT2D eigenvalue weighted by Crippen LogP contribution is 2.26. The van der Waals surface area contributed by atoms with Gasteiger partial charge in [-0.3, -0.25) is 0 Å². The van der Waals surface area contributed by atoms with E-state index < -0.39 is 0 Å². The molecular weight excluding hydrogens is 242 g/mol. The molecule has 0 radical (unpaired) electrons. The second-order valence-corrected chi connectivity index (χ2v) is 4.88. The molecule has 1 aliphatic heterocycles. The largest absolute Gasteiger partial charge is 0.497 e. The summed E-state index contributed by atoms with van der Waals surface area (Å²) in [5.41, 5.74) is 6.78. The summed E-state index contributed by atoms with van der Waals surface area (Å²) in [7, 11) is 1.67. The van der Waals surface area contributed by atoms with Gasteiger partial charge in [-0.1, -0.05) is 6.07 Å². The Kier molecular flexibility index (Phi) is 5.48. The Morgan fingerprint density at radius 1 is 1.32 bits per heavy atom. The van der Waals surface area contributed by atoms with Crippen molar-refractivity contribution in [2.75, 3.05) is 33.5 Å². The van der Waals surface area contributed by atoms with Crippen molar-refractivity contribution in [2.45, 2.75) is 19.3 Å². The monoisotopic (exact) mass is 265 g/mol. The Labute approximate surface area is 114 Å². The van der Waals surface area contributed by atoms with Gasteiger partial charge in [-0.15, -0.1) is 0 Å². The Bertz CT molecular complexity index is 389. The van der Waals surface area contributed by atoms with Gasteiger partial charge in [-0.2, -0.15) is 0 Å². The topological polar surface area (TPSA) is 53.7 Å². The van der Waals surface area contributed by atoms with Crippen molar-refractivity contribution in [1.82, 2.24) is 0 Å². The van der Waals surface area contributed by atoms with E-state index in [1.54, 1.807) is 7.11 Å². The minimum Gasteiger partial charge on any atom is -0.497 e. The molecule has 0 unspecified atom stereocenters. The molecule has 1 fully saturated rings. The van der Waals surface area contributed by atoms with Gasteiger partial charge in [0.1, 0.15) is 11.5 Å². The molecule has 0 aliphatic carbocycles. The third-order valence-electron chi connectivity index (χ3n) is 3.50. The number of methoxy groups -OCH3 is 1. The molecule has 0 amide bonds. The average molecular weight is 265 g/mol. The Hall–Kier alpha value is -1.26. The van der Waals surface area contributed by atoms with Crippen LogP contribution in [0.4, 0.5) is 0 Å². The van der Waals surface area contributed by atoms with Crippen LogP contribution in [0.5, 0.6) is 11.5 Å². The smallest absolute Gasteiger partial charge is 0.126 e. The highest BCUT2D eigenvalue weighted by atomic mass is 16.5. The molecule has 0 bridgehead atoms. The first-order valence-corrected chi connectivity index (χ1v) is 6.91. The first kappa shape index (κ1) is 14.2. The van der Waals surface area contributed by atoms with Crippen LogP contribution >= 0.6 is 0 Å². The Morgan fingerprint density at radius 3 is 2.79 bits per heavy atom. The van der Waals surface area contributed by atoms with Gasteiger partial charge in [0.2, 0.25) is 0 Å². The zero-order valence-corrected chi connectivity index (χ0v) is 11.6. The molecule has 2 rings (SSSR count). The van der Waals surface area contributed by atoms with Crippen LogP contribution in [0.3, 0.4) is 0 Å². The van der Waals surface area contributed by atoms with Crippen molar-refractivity contribution in [2.24, 2.45) is 11.7 Å². The predicted octanol–water partition coefficient (Wildman–Crippen LogP) is 2.00. The van der Waals surface area contributed by atoms with Crippen molar-refractivity contribution in [3.63, 3.8) is 0 Å². The molecule has 0 aromatic heterocycles. The van der Waals surface area contributed by atoms with E-state index in [9.17, 15) is 0 Å². The van der Waals surface area contributed by atoms with Crippen molar-refractivity contribution < 1.29 is 14.2 Å². The summed E-state index contributed by atoms with van der Waals surface area (Å²) >= 11 is 0. The SMILES string of the molecule is COc1ccc(CCN)c(OCC2CCOCC2)c1. The first-order valence-electron chi connectivity index (χ1n) is 6.91. The van der Waals surface area contributed by atoms with Gasteiger partial charge in [-0.05, 0) is 43.4 Å². The van der Waals surface area contributed by atoms with E-state index in [2.05, 4.69) is 0 Å². The lowest BCUT2D eigenvalue weighted by molar-refractivity contribution is 0.0496. The summed E-state index contributed by atoms with van der Waals surface area (Å²) in [4.78, 5) is 0. The molecule has 1 aromatic carbocycles. The van der Waals surface area contributed by atoms with Crippen molar-refractivity contribution in [1.29, 1.82) is 0 Å². The molecular formula is C15H23NO3. The third kappa shape index (κ3) is 4.11. The van der Waals surface area contributed by atoms with E-state index in [1.807, 2.05) is 18.2 Å². The zero-order valence-electron chi connectivity index (χ0n) is 11.6. The molecule has 106 valence electrons. The van der Waals surface area contributed by atoms with Crippen LogP contribution in [-0.4, -0.2) is 33.5 Å². The standard InChI is InChI=1S/C15H23NO3/c1-17-14-3-2-13(4-7-16)15(10-14)19-11-12-5-8-18-9-6-12/h2-3,10,12H,4-9,11,16H2,1H3. The summed E-state index contributed by atoms with van der Waals surface area (Å²) in [5, 5.41) is 0. The number of rotatable bonds is 6. The summed E-state index contributed by atoms with van der Waals surface area (Å²) in [6.07, 6.45) is 2.99.